The van der Waals surface area contributed by atoms with Crippen LogP contribution in [-0.4, -0.2) is 0 Å². The van der Waals surface area contributed by atoms with Gasteiger partial charge in [0.2, 0.25) is 0 Å². The normalized spacial score (nSPS) is 11.3. The molecule has 0 unspecified atom stereocenters. The molecule has 0 bridgehead atoms. The lowest BCUT2D eigenvalue weighted by Crippen LogP contribution is -1.82. The Labute approximate surface area is 214 Å². The predicted octanol–water partition coefficient (Wildman–Crippen LogP) is 12.3. The molecule has 0 amide bonds. The van der Waals surface area contributed by atoms with Crippen LogP contribution in [0.4, 0.5) is 0 Å². The summed E-state index contributed by atoms with van der Waals surface area (Å²) in [5, 5.41) is 1.57. The second-order valence-electron chi connectivity index (χ2n) is 4.10. The Bertz CT molecular complexity index is 743. The third-order valence-electron chi connectivity index (χ3n) is 2.60. The number of halogens is 10. The first-order valence-electron chi connectivity index (χ1n) is 5.80. The van der Waals surface area contributed by atoms with Crippen molar-refractivity contribution in [3.8, 4) is 0 Å². The molecule has 0 nitrogen and oxygen atoms in total. The van der Waals surface area contributed by atoms with Gasteiger partial charge in [-0.15, -0.1) is 0 Å². The average Bonchev–Trinajstić information content (AvgIpc) is 2.63. The molecule has 2 rings (SSSR count). The van der Waals surface area contributed by atoms with Crippen molar-refractivity contribution < 1.29 is 0 Å². The zero-order chi connectivity index (χ0) is 19.8. The Balaban J connectivity index is 2.14. The van der Waals surface area contributed by atoms with Gasteiger partial charge >= 0.3 is 0 Å². The molecule has 26 heavy (non-hydrogen) atoms. The largest absolute Gasteiger partial charge is 0.0813 e. The monoisotopic (exact) mass is 622 g/mol. The van der Waals surface area contributed by atoms with Crippen molar-refractivity contribution in [3.05, 3.63) is 50.2 Å². The molecule has 0 spiro atoms. The Hall–Kier alpha value is 2.74. The van der Waals surface area contributed by atoms with Crippen molar-refractivity contribution >= 4 is 157 Å². The van der Waals surface area contributed by atoms with Crippen LogP contribution in [0.3, 0.4) is 0 Å². The van der Waals surface area contributed by atoms with Crippen molar-refractivity contribution in [1.29, 1.82) is 0 Å². The van der Waals surface area contributed by atoms with Crippen molar-refractivity contribution in [3.63, 3.8) is 0 Å². The van der Waals surface area contributed by atoms with Crippen LogP contribution < -0.4 is 0 Å². The van der Waals surface area contributed by atoms with E-state index in [0.29, 0.717) is 9.79 Å². The molecule has 0 saturated carbocycles. The molecule has 0 fully saturated rings. The fourth-order valence-corrected chi connectivity index (χ4v) is 10.6. The average molecular weight is 627 g/mol. The molecule has 142 valence electrons. The summed E-state index contributed by atoms with van der Waals surface area (Å²) in [4.78, 5) is 0.963. The van der Waals surface area contributed by atoms with Crippen LogP contribution in [0, 0.1) is 0 Å². The molecular weight excluding hydrogens is 627 g/mol. The molecule has 0 saturated heterocycles. The Morgan fingerprint density at radius 1 is 0.308 bits per heavy atom. The maximum absolute atomic E-state index is 6.18. The van der Waals surface area contributed by atoms with E-state index >= 15 is 0 Å². The van der Waals surface area contributed by atoms with E-state index in [1.165, 1.54) is 41.2 Å². The van der Waals surface area contributed by atoms with E-state index in [1.54, 1.807) is 0 Å². The number of hydrogen-bond donors (Lipinski definition) is 0. The molecule has 0 aromatic heterocycles. The summed E-state index contributed by atoms with van der Waals surface area (Å²) in [7, 11) is 5.12. The molecule has 0 aliphatic rings. The highest BCUT2D eigenvalue weighted by molar-refractivity contribution is 9.26. The van der Waals surface area contributed by atoms with Gasteiger partial charge in [0.25, 0.3) is 0 Å². The summed E-state index contributed by atoms with van der Waals surface area (Å²) in [6.07, 6.45) is 0. The van der Waals surface area contributed by atoms with Crippen LogP contribution in [0.2, 0.25) is 50.2 Å². The lowest BCUT2D eigenvalue weighted by molar-refractivity contribution is 1.47. The van der Waals surface area contributed by atoms with Gasteiger partial charge in [-0.1, -0.05) is 116 Å². The molecular formula is C12Cl10S4. The smallest absolute Gasteiger partial charge is 0.0809 e. The van der Waals surface area contributed by atoms with E-state index in [4.69, 9.17) is 116 Å². The first kappa shape index (κ1) is 25.0. The molecule has 14 heteroatoms. The van der Waals surface area contributed by atoms with Gasteiger partial charge in [0.05, 0.1) is 60.0 Å². The summed E-state index contributed by atoms with van der Waals surface area (Å²) < 4.78 is 0. The van der Waals surface area contributed by atoms with Crippen LogP contribution in [0.25, 0.3) is 0 Å². The fourth-order valence-electron chi connectivity index (χ4n) is 1.41. The Kier molecular flexibility index (Phi) is 10.4. The Morgan fingerprint density at radius 3 is 0.731 bits per heavy atom. The Morgan fingerprint density at radius 2 is 0.500 bits per heavy atom. The van der Waals surface area contributed by atoms with Crippen LogP contribution in [0.1, 0.15) is 0 Å². The topological polar surface area (TPSA) is 0 Å². The van der Waals surface area contributed by atoms with E-state index in [0.717, 1.165) is 0 Å². The summed E-state index contributed by atoms with van der Waals surface area (Å²) in [6, 6.07) is 0. The number of benzene rings is 2. The van der Waals surface area contributed by atoms with Gasteiger partial charge in [0.15, 0.2) is 0 Å². The summed E-state index contributed by atoms with van der Waals surface area (Å²) >= 11 is 60.8. The summed E-state index contributed by atoms with van der Waals surface area (Å²) in [6.45, 7) is 0. The second kappa shape index (κ2) is 10.9. The minimum absolute atomic E-state index is 0.101. The van der Waals surface area contributed by atoms with Crippen LogP contribution in [0.5, 0.6) is 0 Å². The molecule has 0 atom stereocenters. The molecule has 0 aliphatic heterocycles. The SMILES string of the molecule is Clc1c(Cl)c(Cl)c(SSSSc2c(Cl)c(Cl)c(Cl)c(Cl)c2Cl)c(Cl)c1Cl. The van der Waals surface area contributed by atoms with Crippen LogP contribution >= 0.6 is 157 Å². The summed E-state index contributed by atoms with van der Waals surface area (Å²) in [5.74, 6) is 0. The fraction of sp³-hybridized carbons (Fsp3) is 0. The van der Waals surface area contributed by atoms with E-state index in [2.05, 4.69) is 0 Å². The third-order valence-corrected chi connectivity index (χ3v) is 13.7. The van der Waals surface area contributed by atoms with Crippen molar-refractivity contribution in [2.24, 2.45) is 0 Å². The zero-order valence-electron chi connectivity index (χ0n) is 11.4. The van der Waals surface area contributed by atoms with E-state index < -0.39 is 0 Å². The van der Waals surface area contributed by atoms with E-state index in [-0.39, 0.29) is 50.2 Å². The van der Waals surface area contributed by atoms with Gasteiger partial charge in [-0.2, -0.15) is 0 Å². The second-order valence-corrected chi connectivity index (χ2v) is 13.6. The first-order chi connectivity index (χ1) is 12.1. The molecule has 0 N–H and O–H groups in total. The molecule has 2 aromatic carbocycles. The summed E-state index contributed by atoms with van der Waals surface area (Å²) in [5.41, 5.74) is 0. The van der Waals surface area contributed by atoms with E-state index in [9.17, 15) is 0 Å². The molecule has 0 aliphatic carbocycles. The van der Waals surface area contributed by atoms with Crippen molar-refractivity contribution in [2.45, 2.75) is 9.79 Å². The maximum atomic E-state index is 6.18. The lowest BCUT2D eigenvalue weighted by atomic mass is 10.3. The maximum Gasteiger partial charge on any atom is 0.0809 e. The molecule has 0 radical (unpaired) electrons. The number of rotatable bonds is 5. The van der Waals surface area contributed by atoms with Gasteiger partial charge in [-0.05, 0) is 41.2 Å². The van der Waals surface area contributed by atoms with Crippen molar-refractivity contribution in [2.75, 3.05) is 0 Å². The van der Waals surface area contributed by atoms with Gasteiger partial charge < -0.3 is 0 Å². The van der Waals surface area contributed by atoms with Gasteiger partial charge in [0.1, 0.15) is 0 Å². The first-order valence-corrected chi connectivity index (χ1v) is 14.4. The highest BCUT2D eigenvalue weighted by Gasteiger charge is 2.22. The van der Waals surface area contributed by atoms with Crippen molar-refractivity contribution in [1.82, 2.24) is 0 Å². The zero-order valence-corrected chi connectivity index (χ0v) is 22.2. The standard InChI is InChI=1S/C12Cl10S4/c13-1-3(15)7(19)11(8(20)4(1)16)23-25-26-24-12-9(21)5(17)2(14)6(18)10(12)22. The van der Waals surface area contributed by atoms with Gasteiger partial charge in [-0.3, -0.25) is 0 Å². The van der Waals surface area contributed by atoms with E-state index in [1.807, 2.05) is 0 Å². The highest BCUT2D eigenvalue weighted by Crippen LogP contribution is 2.58. The highest BCUT2D eigenvalue weighted by atomic mass is 35.5. The van der Waals surface area contributed by atoms with Crippen LogP contribution in [-0.2, 0) is 0 Å². The number of hydrogen-bond acceptors (Lipinski definition) is 4. The van der Waals surface area contributed by atoms with Crippen LogP contribution in [0.15, 0.2) is 9.79 Å². The predicted molar refractivity (Wildman–Crippen MR) is 130 cm³/mol. The molecule has 2 aromatic rings. The van der Waals surface area contributed by atoms with Gasteiger partial charge in [-0.25, -0.2) is 0 Å². The third kappa shape index (κ3) is 5.31. The lowest BCUT2D eigenvalue weighted by Gasteiger charge is -2.12. The minimum atomic E-state index is 0.101. The van der Waals surface area contributed by atoms with Gasteiger partial charge in [0, 0.05) is 0 Å². The molecule has 0 heterocycles. The minimum Gasteiger partial charge on any atom is -0.0813 e. The quantitative estimate of drug-likeness (QED) is 0.140.